The Hall–Kier alpha value is -2.69. The summed E-state index contributed by atoms with van der Waals surface area (Å²) >= 11 is 0. The third-order valence-electron chi connectivity index (χ3n) is 3.85. The number of hydrazone groups is 1. The fourth-order valence-corrected chi connectivity index (χ4v) is 2.58. The predicted molar refractivity (Wildman–Crippen MR) is 89.3 cm³/mol. The molecule has 4 nitrogen and oxygen atoms in total. The van der Waals surface area contributed by atoms with E-state index in [1.165, 1.54) is 42.8 Å². The van der Waals surface area contributed by atoms with Crippen molar-refractivity contribution >= 4 is 17.8 Å². The quantitative estimate of drug-likeness (QED) is 0.696. The maximum absolute atomic E-state index is 12.8. The van der Waals surface area contributed by atoms with Crippen LogP contribution in [0.4, 0.5) is 10.1 Å². The summed E-state index contributed by atoms with van der Waals surface area (Å²) in [4.78, 5) is 14.2. The molecule has 0 aliphatic carbocycles. The Kier molecular flexibility index (Phi) is 4.66. The van der Waals surface area contributed by atoms with Crippen LogP contribution in [0.2, 0.25) is 0 Å². The van der Waals surface area contributed by atoms with Gasteiger partial charge in [0, 0.05) is 24.3 Å². The van der Waals surface area contributed by atoms with Gasteiger partial charge in [-0.25, -0.2) is 9.82 Å². The molecule has 1 heterocycles. The first-order valence-electron chi connectivity index (χ1n) is 7.66. The number of amides is 1. The molecular formula is C18H18FN3O. The summed E-state index contributed by atoms with van der Waals surface area (Å²) in [5, 5.41) is 3.94. The molecule has 1 amide bonds. The lowest BCUT2D eigenvalue weighted by molar-refractivity contribution is 0.0955. The fraction of sp³-hybridized carbons (Fsp3) is 0.222. The molecule has 1 saturated heterocycles. The van der Waals surface area contributed by atoms with Crippen LogP contribution in [-0.2, 0) is 0 Å². The first-order chi connectivity index (χ1) is 11.2. The van der Waals surface area contributed by atoms with Gasteiger partial charge in [0.15, 0.2) is 0 Å². The van der Waals surface area contributed by atoms with Gasteiger partial charge in [0.1, 0.15) is 5.82 Å². The van der Waals surface area contributed by atoms with Gasteiger partial charge in [0.05, 0.1) is 6.21 Å². The zero-order valence-electron chi connectivity index (χ0n) is 12.7. The first kappa shape index (κ1) is 15.2. The highest BCUT2D eigenvalue weighted by Gasteiger charge is 2.11. The highest BCUT2D eigenvalue weighted by molar-refractivity contribution is 5.94. The Morgan fingerprint density at radius 1 is 1.04 bits per heavy atom. The van der Waals surface area contributed by atoms with E-state index in [1.54, 1.807) is 6.21 Å². The normalized spacial score (nSPS) is 14.4. The number of benzene rings is 2. The standard InChI is InChI=1S/C18H18FN3O/c19-16-7-5-15(6-8-16)18(23)21-20-13-14-3-9-17(10-4-14)22-11-1-2-12-22/h3-10,13H,1-2,11-12H2,(H,21,23)/b20-13+. The second-order valence-electron chi connectivity index (χ2n) is 5.49. The first-order valence-corrected chi connectivity index (χ1v) is 7.66. The third kappa shape index (κ3) is 3.94. The van der Waals surface area contributed by atoms with Crippen molar-refractivity contribution in [2.75, 3.05) is 18.0 Å². The predicted octanol–water partition coefficient (Wildman–Crippen LogP) is 3.19. The number of anilines is 1. The molecular weight excluding hydrogens is 293 g/mol. The summed E-state index contributed by atoms with van der Waals surface area (Å²) in [6, 6.07) is 13.4. The van der Waals surface area contributed by atoms with Crippen LogP contribution in [0.1, 0.15) is 28.8 Å². The maximum Gasteiger partial charge on any atom is 0.271 e. The molecule has 2 aromatic rings. The average molecular weight is 311 g/mol. The van der Waals surface area contributed by atoms with E-state index in [-0.39, 0.29) is 11.7 Å². The molecule has 3 rings (SSSR count). The third-order valence-corrected chi connectivity index (χ3v) is 3.85. The molecule has 0 unspecified atom stereocenters. The molecule has 0 aromatic heterocycles. The van der Waals surface area contributed by atoms with Gasteiger partial charge in [0.25, 0.3) is 5.91 Å². The summed E-state index contributed by atoms with van der Waals surface area (Å²) < 4.78 is 12.8. The topological polar surface area (TPSA) is 44.7 Å². The highest BCUT2D eigenvalue weighted by Crippen LogP contribution is 2.19. The summed E-state index contributed by atoms with van der Waals surface area (Å²) in [7, 11) is 0. The zero-order valence-corrected chi connectivity index (χ0v) is 12.7. The maximum atomic E-state index is 12.8. The Morgan fingerprint density at radius 2 is 1.70 bits per heavy atom. The minimum absolute atomic E-state index is 0.366. The van der Waals surface area contributed by atoms with Crippen LogP contribution in [0, 0.1) is 5.82 Å². The van der Waals surface area contributed by atoms with Crippen LogP contribution in [0.15, 0.2) is 53.6 Å². The van der Waals surface area contributed by atoms with Gasteiger partial charge >= 0.3 is 0 Å². The van der Waals surface area contributed by atoms with Gasteiger partial charge in [-0.15, -0.1) is 0 Å². The largest absolute Gasteiger partial charge is 0.372 e. The van der Waals surface area contributed by atoms with E-state index < -0.39 is 0 Å². The number of nitrogens with zero attached hydrogens (tertiary/aromatic N) is 2. The molecule has 118 valence electrons. The molecule has 23 heavy (non-hydrogen) atoms. The lowest BCUT2D eigenvalue weighted by Crippen LogP contribution is -2.18. The summed E-state index contributed by atoms with van der Waals surface area (Å²) in [6.07, 6.45) is 4.09. The van der Waals surface area contributed by atoms with Crippen molar-refractivity contribution in [3.63, 3.8) is 0 Å². The number of rotatable bonds is 4. The summed E-state index contributed by atoms with van der Waals surface area (Å²) in [5.41, 5.74) is 4.93. The number of carbonyl (C=O) groups is 1. The fourth-order valence-electron chi connectivity index (χ4n) is 2.58. The van der Waals surface area contributed by atoms with Crippen molar-refractivity contribution in [2.24, 2.45) is 5.10 Å². The van der Waals surface area contributed by atoms with Gasteiger partial charge in [-0.1, -0.05) is 12.1 Å². The van der Waals surface area contributed by atoms with Crippen LogP contribution in [0.25, 0.3) is 0 Å². The van der Waals surface area contributed by atoms with Gasteiger partial charge in [-0.05, 0) is 54.8 Å². The molecule has 0 spiro atoms. The SMILES string of the molecule is O=C(N/N=C/c1ccc(N2CCCC2)cc1)c1ccc(F)cc1. The van der Waals surface area contributed by atoms with Crippen molar-refractivity contribution in [3.05, 3.63) is 65.5 Å². The van der Waals surface area contributed by atoms with Crippen molar-refractivity contribution in [1.29, 1.82) is 0 Å². The monoisotopic (exact) mass is 311 g/mol. The van der Waals surface area contributed by atoms with E-state index in [4.69, 9.17) is 0 Å². The minimum atomic E-state index is -0.372. The Labute approximate surface area is 134 Å². The molecule has 1 fully saturated rings. The van der Waals surface area contributed by atoms with Crippen LogP contribution in [0.5, 0.6) is 0 Å². The van der Waals surface area contributed by atoms with Crippen molar-refractivity contribution in [2.45, 2.75) is 12.8 Å². The minimum Gasteiger partial charge on any atom is -0.372 e. The number of hydrogen-bond acceptors (Lipinski definition) is 3. The van der Waals surface area contributed by atoms with Crippen molar-refractivity contribution in [1.82, 2.24) is 5.43 Å². The Balaban J connectivity index is 1.57. The smallest absolute Gasteiger partial charge is 0.271 e. The second kappa shape index (κ2) is 7.05. The molecule has 0 saturated carbocycles. The Bertz CT molecular complexity index is 689. The molecule has 1 N–H and O–H groups in total. The summed E-state index contributed by atoms with van der Waals surface area (Å²) in [6.45, 7) is 2.22. The molecule has 0 radical (unpaired) electrons. The van der Waals surface area contributed by atoms with E-state index in [2.05, 4.69) is 27.6 Å². The van der Waals surface area contributed by atoms with Crippen molar-refractivity contribution in [3.8, 4) is 0 Å². The van der Waals surface area contributed by atoms with E-state index in [0.717, 1.165) is 18.7 Å². The van der Waals surface area contributed by atoms with E-state index >= 15 is 0 Å². The molecule has 0 bridgehead atoms. The van der Waals surface area contributed by atoms with Gasteiger partial charge in [-0.3, -0.25) is 4.79 Å². The highest BCUT2D eigenvalue weighted by atomic mass is 19.1. The number of carbonyl (C=O) groups excluding carboxylic acids is 1. The van der Waals surface area contributed by atoms with Gasteiger partial charge in [-0.2, -0.15) is 5.10 Å². The van der Waals surface area contributed by atoms with E-state index in [0.29, 0.717) is 5.56 Å². The molecule has 2 aromatic carbocycles. The number of halogens is 1. The second-order valence-corrected chi connectivity index (χ2v) is 5.49. The van der Waals surface area contributed by atoms with Crippen molar-refractivity contribution < 1.29 is 9.18 Å². The number of nitrogens with one attached hydrogen (secondary N) is 1. The van der Waals surface area contributed by atoms with E-state index in [9.17, 15) is 9.18 Å². The van der Waals surface area contributed by atoms with E-state index in [1.807, 2.05) is 12.1 Å². The Morgan fingerprint density at radius 3 is 2.35 bits per heavy atom. The van der Waals surface area contributed by atoms with Gasteiger partial charge < -0.3 is 4.90 Å². The van der Waals surface area contributed by atoms with Gasteiger partial charge in [0.2, 0.25) is 0 Å². The average Bonchev–Trinajstić information content (AvgIpc) is 3.10. The molecule has 1 aliphatic heterocycles. The molecule has 5 heteroatoms. The molecule has 0 atom stereocenters. The summed E-state index contributed by atoms with van der Waals surface area (Å²) in [5.74, 6) is -0.738. The van der Waals surface area contributed by atoms with Crippen LogP contribution < -0.4 is 10.3 Å². The zero-order chi connectivity index (χ0) is 16.1. The van der Waals surface area contributed by atoms with Crippen LogP contribution >= 0.6 is 0 Å². The lowest BCUT2D eigenvalue weighted by atomic mass is 10.2. The number of hydrogen-bond donors (Lipinski definition) is 1. The lowest BCUT2D eigenvalue weighted by Gasteiger charge is -2.17. The van der Waals surface area contributed by atoms with Crippen LogP contribution in [0.3, 0.4) is 0 Å². The van der Waals surface area contributed by atoms with Crippen LogP contribution in [-0.4, -0.2) is 25.2 Å². The molecule has 1 aliphatic rings.